The molecule has 19 heavy (non-hydrogen) atoms. The van der Waals surface area contributed by atoms with Crippen LogP contribution in [0, 0.1) is 13.8 Å². The molecule has 0 saturated carbocycles. The van der Waals surface area contributed by atoms with Gasteiger partial charge in [0, 0.05) is 18.4 Å². The number of nitrogens with zero attached hydrogens (tertiary/aromatic N) is 2. The van der Waals surface area contributed by atoms with Crippen molar-refractivity contribution < 1.29 is 5.11 Å². The normalized spacial score (nSPS) is 10.5. The standard InChI is InChI=1S/C16H20N2O/c1-4-18(15-8-6-5-7-12(15)2)16-13(3)9-14(11-19)10-17-16/h5-10,19H,4,11H2,1-3H3. The average Bonchev–Trinajstić information content (AvgIpc) is 2.43. The maximum atomic E-state index is 9.16. The second-order valence-corrected chi connectivity index (χ2v) is 4.67. The molecule has 0 unspecified atom stereocenters. The molecule has 0 spiro atoms. The molecule has 1 heterocycles. The van der Waals surface area contributed by atoms with E-state index in [1.165, 1.54) is 11.3 Å². The minimum absolute atomic E-state index is 0.0324. The number of rotatable bonds is 4. The topological polar surface area (TPSA) is 36.4 Å². The SMILES string of the molecule is CCN(c1ccccc1C)c1ncc(CO)cc1C. The van der Waals surface area contributed by atoms with Gasteiger partial charge in [0.05, 0.1) is 6.61 Å². The molecular weight excluding hydrogens is 236 g/mol. The maximum absolute atomic E-state index is 9.16. The third kappa shape index (κ3) is 2.76. The predicted molar refractivity (Wildman–Crippen MR) is 78.8 cm³/mol. The van der Waals surface area contributed by atoms with Gasteiger partial charge in [-0.15, -0.1) is 0 Å². The Morgan fingerprint density at radius 2 is 1.89 bits per heavy atom. The quantitative estimate of drug-likeness (QED) is 0.911. The Kier molecular flexibility index (Phi) is 4.17. The maximum Gasteiger partial charge on any atom is 0.135 e. The van der Waals surface area contributed by atoms with Crippen molar-refractivity contribution in [1.82, 2.24) is 4.98 Å². The molecule has 1 N–H and O–H groups in total. The summed E-state index contributed by atoms with van der Waals surface area (Å²) >= 11 is 0. The van der Waals surface area contributed by atoms with E-state index in [0.29, 0.717) is 0 Å². The summed E-state index contributed by atoms with van der Waals surface area (Å²) in [6, 6.07) is 10.3. The highest BCUT2D eigenvalue weighted by molar-refractivity contribution is 5.65. The molecule has 1 aromatic heterocycles. The lowest BCUT2D eigenvalue weighted by Crippen LogP contribution is -2.19. The molecule has 0 saturated heterocycles. The van der Waals surface area contributed by atoms with Crippen LogP contribution >= 0.6 is 0 Å². The zero-order chi connectivity index (χ0) is 13.8. The lowest BCUT2D eigenvalue weighted by molar-refractivity contribution is 0.281. The first-order valence-electron chi connectivity index (χ1n) is 6.57. The summed E-state index contributed by atoms with van der Waals surface area (Å²) in [7, 11) is 0. The second-order valence-electron chi connectivity index (χ2n) is 4.67. The van der Waals surface area contributed by atoms with Crippen molar-refractivity contribution in [3.05, 3.63) is 53.2 Å². The van der Waals surface area contributed by atoms with E-state index in [1.807, 2.05) is 25.1 Å². The van der Waals surface area contributed by atoms with E-state index in [9.17, 15) is 0 Å². The van der Waals surface area contributed by atoms with Crippen LogP contribution in [0.1, 0.15) is 23.6 Å². The fourth-order valence-electron chi connectivity index (χ4n) is 2.30. The molecular formula is C16H20N2O. The monoisotopic (exact) mass is 256 g/mol. The van der Waals surface area contributed by atoms with Gasteiger partial charge < -0.3 is 10.0 Å². The Bertz CT molecular complexity index is 566. The average molecular weight is 256 g/mol. The van der Waals surface area contributed by atoms with E-state index in [-0.39, 0.29) is 6.61 Å². The summed E-state index contributed by atoms with van der Waals surface area (Å²) < 4.78 is 0. The zero-order valence-corrected chi connectivity index (χ0v) is 11.7. The van der Waals surface area contributed by atoms with Gasteiger partial charge in [-0.05, 0) is 49.6 Å². The molecule has 0 aliphatic heterocycles. The van der Waals surface area contributed by atoms with Gasteiger partial charge in [0.2, 0.25) is 0 Å². The summed E-state index contributed by atoms with van der Waals surface area (Å²) in [5, 5.41) is 9.16. The number of hydrogen-bond acceptors (Lipinski definition) is 3. The number of anilines is 2. The largest absolute Gasteiger partial charge is 0.392 e. The van der Waals surface area contributed by atoms with Crippen molar-refractivity contribution in [2.75, 3.05) is 11.4 Å². The number of aromatic nitrogens is 1. The minimum Gasteiger partial charge on any atom is -0.392 e. The minimum atomic E-state index is 0.0324. The number of aliphatic hydroxyl groups is 1. The Morgan fingerprint density at radius 3 is 2.47 bits per heavy atom. The molecule has 0 amide bonds. The smallest absolute Gasteiger partial charge is 0.135 e. The number of benzene rings is 1. The summed E-state index contributed by atoms with van der Waals surface area (Å²) in [6.07, 6.45) is 1.74. The number of hydrogen-bond donors (Lipinski definition) is 1. The van der Waals surface area contributed by atoms with Crippen LogP contribution < -0.4 is 4.90 Å². The molecule has 0 aliphatic carbocycles. The van der Waals surface area contributed by atoms with Gasteiger partial charge in [-0.25, -0.2) is 4.98 Å². The highest BCUT2D eigenvalue weighted by atomic mass is 16.3. The third-order valence-electron chi connectivity index (χ3n) is 3.27. The van der Waals surface area contributed by atoms with Crippen LogP contribution in [0.4, 0.5) is 11.5 Å². The first kappa shape index (κ1) is 13.6. The van der Waals surface area contributed by atoms with Gasteiger partial charge in [-0.1, -0.05) is 18.2 Å². The fourth-order valence-corrected chi connectivity index (χ4v) is 2.30. The molecule has 0 bridgehead atoms. The van der Waals surface area contributed by atoms with Crippen molar-refractivity contribution in [2.24, 2.45) is 0 Å². The molecule has 2 rings (SSSR count). The first-order chi connectivity index (χ1) is 9.17. The molecule has 2 aromatic rings. The molecule has 0 radical (unpaired) electrons. The lowest BCUT2D eigenvalue weighted by Gasteiger charge is -2.25. The van der Waals surface area contributed by atoms with Crippen molar-refractivity contribution in [2.45, 2.75) is 27.4 Å². The van der Waals surface area contributed by atoms with Crippen molar-refractivity contribution in [3.63, 3.8) is 0 Å². The van der Waals surface area contributed by atoms with Crippen LogP contribution in [0.3, 0.4) is 0 Å². The number of pyridine rings is 1. The summed E-state index contributed by atoms with van der Waals surface area (Å²) in [4.78, 5) is 6.70. The van der Waals surface area contributed by atoms with E-state index in [2.05, 4.69) is 35.9 Å². The molecule has 0 fully saturated rings. The first-order valence-corrected chi connectivity index (χ1v) is 6.57. The van der Waals surface area contributed by atoms with Crippen molar-refractivity contribution >= 4 is 11.5 Å². The van der Waals surface area contributed by atoms with E-state index < -0.39 is 0 Å². The second kappa shape index (κ2) is 5.85. The Labute approximate surface area is 114 Å². The van der Waals surface area contributed by atoms with Crippen LogP contribution in [0.2, 0.25) is 0 Å². The number of aliphatic hydroxyl groups excluding tert-OH is 1. The van der Waals surface area contributed by atoms with Gasteiger partial charge in [0.15, 0.2) is 0 Å². The Balaban J connectivity index is 2.46. The molecule has 100 valence electrons. The lowest BCUT2D eigenvalue weighted by atomic mass is 10.1. The molecule has 1 aromatic carbocycles. The summed E-state index contributed by atoms with van der Waals surface area (Å²) in [5.41, 5.74) is 4.34. The Morgan fingerprint density at radius 1 is 1.16 bits per heavy atom. The molecule has 0 aliphatic rings. The van der Waals surface area contributed by atoms with Crippen LogP contribution in [-0.4, -0.2) is 16.6 Å². The summed E-state index contributed by atoms with van der Waals surface area (Å²) in [6.45, 7) is 7.15. The van der Waals surface area contributed by atoms with Crippen LogP contribution in [0.5, 0.6) is 0 Å². The van der Waals surface area contributed by atoms with Crippen LogP contribution in [0.25, 0.3) is 0 Å². The van der Waals surface area contributed by atoms with E-state index in [4.69, 9.17) is 5.11 Å². The van der Waals surface area contributed by atoms with Gasteiger partial charge >= 0.3 is 0 Å². The predicted octanol–water partition coefficient (Wildman–Crippen LogP) is 3.35. The molecule has 3 nitrogen and oxygen atoms in total. The highest BCUT2D eigenvalue weighted by Crippen LogP contribution is 2.28. The number of para-hydroxylation sites is 1. The van der Waals surface area contributed by atoms with Gasteiger partial charge in [0.25, 0.3) is 0 Å². The van der Waals surface area contributed by atoms with Crippen molar-refractivity contribution in [1.29, 1.82) is 0 Å². The zero-order valence-electron chi connectivity index (χ0n) is 11.7. The van der Waals surface area contributed by atoms with E-state index in [1.54, 1.807) is 6.20 Å². The fraction of sp³-hybridized carbons (Fsp3) is 0.312. The van der Waals surface area contributed by atoms with Crippen LogP contribution in [-0.2, 0) is 6.61 Å². The van der Waals surface area contributed by atoms with Gasteiger partial charge in [0.1, 0.15) is 5.82 Å². The Hall–Kier alpha value is -1.87. The van der Waals surface area contributed by atoms with Crippen molar-refractivity contribution in [3.8, 4) is 0 Å². The summed E-state index contributed by atoms with van der Waals surface area (Å²) in [5.74, 6) is 0.953. The van der Waals surface area contributed by atoms with Crippen LogP contribution in [0.15, 0.2) is 36.5 Å². The van der Waals surface area contributed by atoms with Gasteiger partial charge in [-0.3, -0.25) is 0 Å². The molecule has 0 atom stereocenters. The number of aryl methyl sites for hydroxylation is 2. The molecule has 3 heteroatoms. The highest BCUT2D eigenvalue weighted by Gasteiger charge is 2.13. The van der Waals surface area contributed by atoms with E-state index in [0.717, 1.165) is 23.5 Å². The van der Waals surface area contributed by atoms with Gasteiger partial charge in [-0.2, -0.15) is 0 Å². The van der Waals surface area contributed by atoms with E-state index >= 15 is 0 Å². The third-order valence-corrected chi connectivity index (χ3v) is 3.27.